The number of carbonyl (C=O) groups is 2. The molecule has 19 heavy (non-hydrogen) atoms. The molecule has 0 aromatic heterocycles. The van der Waals surface area contributed by atoms with Crippen LogP contribution in [0.5, 0.6) is 0 Å². The number of hydrogen-bond donors (Lipinski definition) is 3. The molecule has 5 heteroatoms. The fourth-order valence-electron chi connectivity index (χ4n) is 2.93. The Morgan fingerprint density at radius 1 is 1.32 bits per heavy atom. The molecule has 5 nitrogen and oxygen atoms in total. The van der Waals surface area contributed by atoms with Gasteiger partial charge in [-0.25, -0.2) is 0 Å². The van der Waals surface area contributed by atoms with Crippen LogP contribution in [0.25, 0.3) is 0 Å². The first-order chi connectivity index (χ1) is 8.88. The lowest BCUT2D eigenvalue weighted by molar-refractivity contribution is -0.139. The summed E-state index contributed by atoms with van der Waals surface area (Å²) in [6, 6.07) is 0. The minimum atomic E-state index is -0.852. The Bertz CT molecular complexity index is 323. The molecular formula is C14H26N2O3. The Labute approximate surface area is 114 Å². The summed E-state index contributed by atoms with van der Waals surface area (Å²) in [4.78, 5) is 23.3. The van der Waals surface area contributed by atoms with Crippen LogP contribution in [-0.4, -0.2) is 29.1 Å². The summed E-state index contributed by atoms with van der Waals surface area (Å²) < 4.78 is 0. The minimum Gasteiger partial charge on any atom is -0.481 e. The van der Waals surface area contributed by atoms with Crippen LogP contribution in [0, 0.1) is 11.8 Å². The molecule has 0 aromatic carbocycles. The lowest BCUT2D eigenvalue weighted by atomic mass is 9.90. The number of nitrogens with two attached hydrogens (primary N) is 1. The Kier molecular flexibility index (Phi) is 5.79. The van der Waals surface area contributed by atoms with E-state index in [0.717, 1.165) is 32.1 Å². The van der Waals surface area contributed by atoms with Crippen molar-refractivity contribution in [1.82, 2.24) is 5.32 Å². The molecule has 0 spiro atoms. The van der Waals surface area contributed by atoms with Crippen LogP contribution in [0.1, 0.15) is 52.4 Å². The van der Waals surface area contributed by atoms with Gasteiger partial charge in [0.25, 0.3) is 0 Å². The van der Waals surface area contributed by atoms with Gasteiger partial charge < -0.3 is 16.2 Å². The Morgan fingerprint density at radius 2 is 1.89 bits per heavy atom. The van der Waals surface area contributed by atoms with Crippen LogP contribution < -0.4 is 11.1 Å². The summed E-state index contributed by atoms with van der Waals surface area (Å²) >= 11 is 0. The van der Waals surface area contributed by atoms with Crippen LogP contribution in [0.3, 0.4) is 0 Å². The highest BCUT2D eigenvalue weighted by atomic mass is 16.4. The lowest BCUT2D eigenvalue weighted by Gasteiger charge is -2.31. The highest BCUT2D eigenvalue weighted by Gasteiger charge is 2.38. The monoisotopic (exact) mass is 270 g/mol. The van der Waals surface area contributed by atoms with Crippen molar-refractivity contribution in [3.05, 3.63) is 0 Å². The average Bonchev–Trinajstić information content (AvgIpc) is 2.72. The van der Waals surface area contributed by atoms with Gasteiger partial charge in [-0.05, 0) is 25.2 Å². The zero-order chi connectivity index (χ0) is 14.5. The van der Waals surface area contributed by atoms with Gasteiger partial charge in [-0.1, -0.05) is 26.7 Å². The number of carboxylic acids is 1. The summed E-state index contributed by atoms with van der Waals surface area (Å²) in [5.41, 5.74) is 5.12. The van der Waals surface area contributed by atoms with E-state index in [1.807, 2.05) is 0 Å². The van der Waals surface area contributed by atoms with Gasteiger partial charge in [0.2, 0.25) is 5.91 Å². The van der Waals surface area contributed by atoms with Crippen molar-refractivity contribution in [3.63, 3.8) is 0 Å². The van der Waals surface area contributed by atoms with E-state index in [0.29, 0.717) is 12.5 Å². The van der Waals surface area contributed by atoms with Crippen LogP contribution in [-0.2, 0) is 9.59 Å². The van der Waals surface area contributed by atoms with Crippen LogP contribution in [0.15, 0.2) is 0 Å². The lowest BCUT2D eigenvalue weighted by Crippen LogP contribution is -2.51. The normalized spacial score (nSPS) is 19.4. The molecule has 0 aromatic rings. The third-order valence-electron chi connectivity index (χ3n) is 3.85. The molecule has 1 unspecified atom stereocenters. The molecule has 1 rings (SSSR count). The fraction of sp³-hybridized carbons (Fsp3) is 0.857. The molecule has 1 amide bonds. The molecule has 1 atom stereocenters. The van der Waals surface area contributed by atoms with E-state index in [4.69, 9.17) is 10.8 Å². The Morgan fingerprint density at radius 3 is 2.32 bits per heavy atom. The minimum absolute atomic E-state index is 0.0116. The van der Waals surface area contributed by atoms with Gasteiger partial charge in [0.15, 0.2) is 0 Å². The first-order valence-electron chi connectivity index (χ1n) is 7.12. The summed E-state index contributed by atoms with van der Waals surface area (Å²) in [5.74, 6) is -0.751. The first-order valence-corrected chi connectivity index (χ1v) is 7.12. The second-order valence-electron chi connectivity index (χ2n) is 6.11. The molecular weight excluding hydrogens is 244 g/mol. The highest BCUT2D eigenvalue weighted by molar-refractivity contribution is 5.81. The molecule has 0 saturated heterocycles. The number of nitrogens with one attached hydrogen (secondary N) is 1. The molecule has 110 valence electrons. The SMILES string of the molecule is CC(C)CC(CN)C(=O)NC1(CC(=O)O)CCCC1. The number of rotatable bonds is 7. The summed E-state index contributed by atoms with van der Waals surface area (Å²) in [7, 11) is 0. The third-order valence-corrected chi connectivity index (χ3v) is 3.85. The summed E-state index contributed by atoms with van der Waals surface area (Å²) in [6.07, 6.45) is 4.22. The topological polar surface area (TPSA) is 92.4 Å². The maximum absolute atomic E-state index is 12.3. The number of amides is 1. The van der Waals surface area contributed by atoms with E-state index in [-0.39, 0.29) is 18.2 Å². The zero-order valence-corrected chi connectivity index (χ0v) is 11.9. The van der Waals surface area contributed by atoms with E-state index in [1.54, 1.807) is 0 Å². The first kappa shape index (κ1) is 16.0. The van der Waals surface area contributed by atoms with Crippen molar-refractivity contribution in [2.75, 3.05) is 6.54 Å². The molecule has 1 fully saturated rings. The number of carbonyl (C=O) groups excluding carboxylic acids is 1. The number of carboxylic acid groups (broad SMARTS) is 1. The van der Waals surface area contributed by atoms with Crippen molar-refractivity contribution in [2.45, 2.75) is 57.9 Å². The number of hydrogen-bond acceptors (Lipinski definition) is 3. The van der Waals surface area contributed by atoms with Crippen LogP contribution >= 0.6 is 0 Å². The van der Waals surface area contributed by atoms with Crippen molar-refractivity contribution < 1.29 is 14.7 Å². The van der Waals surface area contributed by atoms with Crippen molar-refractivity contribution in [3.8, 4) is 0 Å². The van der Waals surface area contributed by atoms with Crippen LogP contribution in [0.2, 0.25) is 0 Å². The number of aliphatic carboxylic acids is 1. The van der Waals surface area contributed by atoms with Gasteiger partial charge in [-0.2, -0.15) is 0 Å². The quantitative estimate of drug-likeness (QED) is 0.654. The molecule has 0 aliphatic heterocycles. The fourth-order valence-corrected chi connectivity index (χ4v) is 2.93. The van der Waals surface area contributed by atoms with Gasteiger partial charge in [0.05, 0.1) is 17.9 Å². The third kappa shape index (κ3) is 4.82. The van der Waals surface area contributed by atoms with Crippen molar-refractivity contribution in [1.29, 1.82) is 0 Å². The molecule has 1 aliphatic carbocycles. The standard InChI is InChI=1S/C14H26N2O3/c1-10(2)7-11(9-15)13(19)16-14(8-12(17)18)5-3-4-6-14/h10-11H,3-9,15H2,1-2H3,(H,16,19)(H,17,18). The predicted octanol–water partition coefficient (Wildman–Crippen LogP) is 1.51. The zero-order valence-electron chi connectivity index (χ0n) is 11.9. The Hall–Kier alpha value is -1.10. The summed E-state index contributed by atoms with van der Waals surface area (Å²) in [5, 5.41) is 12.0. The van der Waals surface area contributed by atoms with Crippen molar-refractivity contribution >= 4 is 11.9 Å². The second kappa shape index (κ2) is 6.89. The molecule has 4 N–H and O–H groups in total. The average molecular weight is 270 g/mol. The smallest absolute Gasteiger partial charge is 0.305 e. The van der Waals surface area contributed by atoms with Gasteiger partial charge in [0.1, 0.15) is 0 Å². The molecule has 1 aliphatic rings. The highest BCUT2D eigenvalue weighted by Crippen LogP contribution is 2.33. The van der Waals surface area contributed by atoms with E-state index in [9.17, 15) is 9.59 Å². The van der Waals surface area contributed by atoms with E-state index in [2.05, 4.69) is 19.2 Å². The Balaban J connectivity index is 2.67. The molecule has 0 heterocycles. The van der Waals surface area contributed by atoms with E-state index in [1.165, 1.54) is 0 Å². The van der Waals surface area contributed by atoms with Gasteiger partial charge in [-0.15, -0.1) is 0 Å². The molecule has 0 radical (unpaired) electrons. The van der Waals surface area contributed by atoms with E-state index < -0.39 is 11.5 Å². The van der Waals surface area contributed by atoms with Gasteiger partial charge in [-0.3, -0.25) is 9.59 Å². The van der Waals surface area contributed by atoms with Crippen molar-refractivity contribution in [2.24, 2.45) is 17.6 Å². The van der Waals surface area contributed by atoms with E-state index >= 15 is 0 Å². The van der Waals surface area contributed by atoms with Gasteiger partial charge in [0, 0.05) is 6.54 Å². The van der Waals surface area contributed by atoms with Gasteiger partial charge >= 0.3 is 5.97 Å². The second-order valence-corrected chi connectivity index (χ2v) is 6.11. The molecule has 1 saturated carbocycles. The summed E-state index contributed by atoms with van der Waals surface area (Å²) in [6.45, 7) is 4.42. The van der Waals surface area contributed by atoms with Crippen LogP contribution in [0.4, 0.5) is 0 Å². The largest absolute Gasteiger partial charge is 0.481 e. The maximum atomic E-state index is 12.3. The maximum Gasteiger partial charge on any atom is 0.305 e. The molecule has 0 bridgehead atoms. The predicted molar refractivity (Wildman–Crippen MR) is 73.6 cm³/mol.